The standard InChI is InChI=1S/C27H31N5O5S/c1-18(2)16-23(31-26(34)22-13-12-19-8-3-4-9-20(19)29-22)27(35)30-21-10-7-15-32(17-24(21)33)38(36,37)25-11-5-6-14-28-25/h3-6,8-9,11-14,18,21,23H,7,10,15-17H2,1-2H3,(H,30,35)(H,31,34)/t21-,23?/m0/s1. The maximum atomic E-state index is 13.2. The van der Waals surface area contributed by atoms with E-state index in [-0.39, 0.29) is 36.1 Å². The van der Waals surface area contributed by atoms with E-state index in [9.17, 15) is 22.8 Å². The van der Waals surface area contributed by atoms with Crippen molar-refractivity contribution in [3.8, 4) is 0 Å². The lowest BCUT2D eigenvalue weighted by Crippen LogP contribution is -2.52. The summed E-state index contributed by atoms with van der Waals surface area (Å²) >= 11 is 0. The van der Waals surface area contributed by atoms with Gasteiger partial charge in [0.1, 0.15) is 11.7 Å². The van der Waals surface area contributed by atoms with Gasteiger partial charge in [-0.3, -0.25) is 14.4 Å². The number of hydrogen-bond donors (Lipinski definition) is 2. The Bertz CT molecular complexity index is 1430. The van der Waals surface area contributed by atoms with Gasteiger partial charge >= 0.3 is 0 Å². The van der Waals surface area contributed by atoms with Crippen molar-refractivity contribution in [3.05, 3.63) is 66.5 Å². The maximum absolute atomic E-state index is 13.2. The van der Waals surface area contributed by atoms with Crippen LogP contribution in [-0.4, -0.2) is 65.5 Å². The van der Waals surface area contributed by atoms with Gasteiger partial charge in [-0.15, -0.1) is 0 Å². The van der Waals surface area contributed by atoms with Crippen molar-refractivity contribution in [2.24, 2.45) is 5.92 Å². The first-order valence-corrected chi connectivity index (χ1v) is 14.0. The van der Waals surface area contributed by atoms with E-state index in [1.807, 2.05) is 32.0 Å². The number of amides is 2. The van der Waals surface area contributed by atoms with Crippen LogP contribution in [0.2, 0.25) is 0 Å². The summed E-state index contributed by atoms with van der Waals surface area (Å²) < 4.78 is 27.0. The number of hydrogen-bond acceptors (Lipinski definition) is 7. The van der Waals surface area contributed by atoms with Crippen molar-refractivity contribution >= 4 is 38.5 Å². The number of para-hydroxylation sites is 1. The summed E-state index contributed by atoms with van der Waals surface area (Å²) in [6, 6.07) is 13.6. The molecule has 1 aliphatic rings. The highest BCUT2D eigenvalue weighted by Gasteiger charge is 2.35. The van der Waals surface area contributed by atoms with Crippen LogP contribution in [0.15, 0.2) is 65.8 Å². The minimum atomic E-state index is -3.94. The highest BCUT2D eigenvalue weighted by molar-refractivity contribution is 7.89. The lowest BCUT2D eigenvalue weighted by molar-refractivity contribution is -0.129. The van der Waals surface area contributed by atoms with Crippen LogP contribution < -0.4 is 10.6 Å². The van der Waals surface area contributed by atoms with Crippen molar-refractivity contribution in [1.82, 2.24) is 24.9 Å². The van der Waals surface area contributed by atoms with E-state index >= 15 is 0 Å². The van der Waals surface area contributed by atoms with Crippen molar-refractivity contribution in [3.63, 3.8) is 0 Å². The van der Waals surface area contributed by atoms with Crippen LogP contribution in [0.3, 0.4) is 0 Å². The van der Waals surface area contributed by atoms with Crippen molar-refractivity contribution in [2.75, 3.05) is 13.1 Å². The average Bonchev–Trinajstić information content (AvgIpc) is 3.09. The lowest BCUT2D eigenvalue weighted by Gasteiger charge is -2.23. The Morgan fingerprint density at radius 1 is 1.08 bits per heavy atom. The van der Waals surface area contributed by atoms with Crippen LogP contribution in [0, 0.1) is 5.92 Å². The van der Waals surface area contributed by atoms with Crippen LogP contribution in [0.1, 0.15) is 43.6 Å². The molecule has 2 atom stereocenters. The van der Waals surface area contributed by atoms with Gasteiger partial charge in [-0.05, 0) is 49.4 Å². The summed E-state index contributed by atoms with van der Waals surface area (Å²) in [5.41, 5.74) is 0.852. The molecule has 0 bridgehead atoms. The first-order valence-electron chi connectivity index (χ1n) is 12.6. The van der Waals surface area contributed by atoms with E-state index in [0.717, 1.165) is 9.69 Å². The Morgan fingerprint density at radius 3 is 2.58 bits per heavy atom. The number of carbonyl (C=O) groups is 3. The molecule has 4 rings (SSSR count). The number of sulfonamides is 1. The molecule has 38 heavy (non-hydrogen) atoms. The Hall–Kier alpha value is -3.70. The molecule has 200 valence electrons. The number of pyridine rings is 2. The van der Waals surface area contributed by atoms with Gasteiger partial charge in [-0.2, -0.15) is 4.31 Å². The highest BCUT2D eigenvalue weighted by atomic mass is 32.2. The van der Waals surface area contributed by atoms with E-state index in [1.54, 1.807) is 30.3 Å². The molecule has 0 radical (unpaired) electrons. The third-order valence-electron chi connectivity index (χ3n) is 6.34. The third kappa shape index (κ3) is 6.40. The Balaban J connectivity index is 1.44. The number of fused-ring (bicyclic) bond motifs is 1. The number of carbonyl (C=O) groups excluding carboxylic acids is 3. The predicted octanol–water partition coefficient (Wildman–Crippen LogP) is 2.31. The normalized spacial score (nSPS) is 17.7. The van der Waals surface area contributed by atoms with E-state index in [1.165, 1.54) is 12.3 Å². The Labute approximate surface area is 221 Å². The Morgan fingerprint density at radius 2 is 1.84 bits per heavy atom. The second-order valence-corrected chi connectivity index (χ2v) is 11.6. The predicted molar refractivity (Wildman–Crippen MR) is 142 cm³/mol. The number of benzene rings is 1. The SMILES string of the molecule is CC(C)CC(NC(=O)c1ccc2ccccc2n1)C(=O)N[C@H]1CCCN(S(=O)(=O)c2ccccn2)CC1=O. The molecular weight excluding hydrogens is 506 g/mol. The van der Waals surface area contributed by atoms with E-state index < -0.39 is 39.7 Å². The number of nitrogens with zero attached hydrogens (tertiary/aromatic N) is 3. The largest absolute Gasteiger partial charge is 0.344 e. The second kappa shape index (κ2) is 11.8. The van der Waals surface area contributed by atoms with Gasteiger partial charge in [0, 0.05) is 18.1 Å². The number of nitrogens with one attached hydrogen (secondary N) is 2. The summed E-state index contributed by atoms with van der Waals surface area (Å²) in [5, 5.41) is 6.28. The van der Waals surface area contributed by atoms with Crippen molar-refractivity contribution < 1.29 is 22.8 Å². The van der Waals surface area contributed by atoms with Gasteiger partial charge in [0.25, 0.3) is 15.9 Å². The van der Waals surface area contributed by atoms with E-state index in [0.29, 0.717) is 18.4 Å². The van der Waals surface area contributed by atoms with Gasteiger partial charge in [0.05, 0.1) is 18.1 Å². The molecule has 1 saturated heterocycles. The monoisotopic (exact) mass is 537 g/mol. The molecule has 1 aliphatic heterocycles. The fraction of sp³-hybridized carbons (Fsp3) is 0.370. The fourth-order valence-electron chi connectivity index (χ4n) is 4.39. The van der Waals surface area contributed by atoms with Crippen LogP contribution in [0.5, 0.6) is 0 Å². The summed E-state index contributed by atoms with van der Waals surface area (Å²) in [7, 11) is -3.94. The smallest absolute Gasteiger partial charge is 0.270 e. The first kappa shape index (κ1) is 27.3. The zero-order valence-corrected chi connectivity index (χ0v) is 22.1. The Kier molecular flexibility index (Phi) is 8.48. The first-order chi connectivity index (χ1) is 18.1. The molecule has 2 aromatic heterocycles. The fourth-order valence-corrected chi connectivity index (χ4v) is 5.76. The van der Waals surface area contributed by atoms with Gasteiger partial charge in [-0.1, -0.05) is 44.2 Å². The number of Topliss-reactive ketones (excluding diaryl/α,β-unsaturated/α-hetero) is 1. The molecule has 1 fully saturated rings. The minimum Gasteiger partial charge on any atom is -0.344 e. The molecule has 10 nitrogen and oxygen atoms in total. The molecule has 2 N–H and O–H groups in total. The van der Waals surface area contributed by atoms with Crippen LogP contribution in [0.4, 0.5) is 0 Å². The summed E-state index contributed by atoms with van der Waals surface area (Å²) in [6.07, 6.45) is 2.40. The zero-order valence-electron chi connectivity index (χ0n) is 21.3. The van der Waals surface area contributed by atoms with Gasteiger partial charge in [0.15, 0.2) is 10.8 Å². The summed E-state index contributed by atoms with van der Waals surface area (Å²) in [6.45, 7) is 3.62. The lowest BCUT2D eigenvalue weighted by atomic mass is 10.0. The topological polar surface area (TPSA) is 138 Å². The molecule has 1 aromatic carbocycles. The van der Waals surface area contributed by atoms with Crippen LogP contribution in [-0.2, 0) is 19.6 Å². The number of rotatable bonds is 8. The second-order valence-electron chi connectivity index (χ2n) is 9.72. The minimum absolute atomic E-state index is 0.0828. The van der Waals surface area contributed by atoms with Gasteiger partial charge in [-0.25, -0.2) is 18.4 Å². The maximum Gasteiger partial charge on any atom is 0.270 e. The highest BCUT2D eigenvalue weighted by Crippen LogP contribution is 2.18. The van der Waals surface area contributed by atoms with E-state index in [2.05, 4.69) is 20.6 Å². The molecule has 3 aromatic rings. The molecule has 3 heterocycles. The average molecular weight is 538 g/mol. The summed E-state index contributed by atoms with van der Waals surface area (Å²) in [5.74, 6) is -1.32. The zero-order chi connectivity index (χ0) is 27.3. The molecule has 0 aliphatic carbocycles. The molecule has 2 amide bonds. The quantitative estimate of drug-likeness (QED) is 0.450. The molecule has 0 spiro atoms. The van der Waals surface area contributed by atoms with Gasteiger partial charge < -0.3 is 10.6 Å². The number of aromatic nitrogens is 2. The van der Waals surface area contributed by atoms with Crippen molar-refractivity contribution in [2.45, 2.75) is 50.2 Å². The van der Waals surface area contributed by atoms with Gasteiger partial charge in [0.2, 0.25) is 5.91 Å². The number of ketones is 1. The molecular formula is C27H31N5O5S. The molecule has 11 heteroatoms. The van der Waals surface area contributed by atoms with Crippen LogP contribution in [0.25, 0.3) is 10.9 Å². The molecule has 0 saturated carbocycles. The third-order valence-corrected chi connectivity index (χ3v) is 8.10. The van der Waals surface area contributed by atoms with Crippen LogP contribution >= 0.6 is 0 Å². The molecule has 1 unspecified atom stereocenters. The van der Waals surface area contributed by atoms with E-state index in [4.69, 9.17) is 0 Å². The van der Waals surface area contributed by atoms with Crippen molar-refractivity contribution in [1.29, 1.82) is 0 Å². The summed E-state index contributed by atoms with van der Waals surface area (Å²) in [4.78, 5) is 47.6.